The molecule has 6 heteroatoms. The van der Waals surface area contributed by atoms with Crippen molar-refractivity contribution < 1.29 is 19.0 Å². The monoisotopic (exact) mass is 282 g/mol. The van der Waals surface area contributed by atoms with E-state index in [4.69, 9.17) is 14.2 Å². The first-order valence-electron chi connectivity index (χ1n) is 6.42. The first-order chi connectivity index (χ1) is 9.71. The molecular formula is C14H22N2O4. The Morgan fingerprint density at radius 3 is 2.50 bits per heavy atom. The molecule has 0 aliphatic rings. The van der Waals surface area contributed by atoms with Crippen molar-refractivity contribution in [3.05, 3.63) is 18.2 Å². The number of rotatable bonds is 9. The van der Waals surface area contributed by atoms with E-state index in [1.54, 1.807) is 21.3 Å². The molecule has 0 aromatic heterocycles. The Morgan fingerprint density at radius 1 is 1.10 bits per heavy atom. The van der Waals surface area contributed by atoms with Crippen LogP contribution in [0.1, 0.15) is 6.42 Å². The number of carbonyl (C=O) groups is 1. The zero-order valence-corrected chi connectivity index (χ0v) is 12.2. The molecule has 0 fully saturated rings. The second kappa shape index (κ2) is 9.03. The molecule has 0 saturated heterocycles. The van der Waals surface area contributed by atoms with E-state index in [0.717, 1.165) is 5.69 Å². The van der Waals surface area contributed by atoms with Gasteiger partial charge in [0.25, 0.3) is 0 Å². The van der Waals surface area contributed by atoms with Gasteiger partial charge in [-0.25, -0.2) is 0 Å². The number of benzene rings is 1. The summed E-state index contributed by atoms with van der Waals surface area (Å²) < 4.78 is 15.2. The van der Waals surface area contributed by atoms with E-state index in [-0.39, 0.29) is 5.91 Å². The molecule has 0 aliphatic carbocycles. The molecule has 0 radical (unpaired) electrons. The maximum absolute atomic E-state index is 11.5. The molecule has 1 aromatic rings. The van der Waals surface area contributed by atoms with Crippen LogP contribution in [-0.2, 0) is 9.53 Å². The van der Waals surface area contributed by atoms with E-state index >= 15 is 0 Å². The predicted molar refractivity (Wildman–Crippen MR) is 77.5 cm³/mol. The normalized spacial score (nSPS) is 9.95. The third kappa shape index (κ3) is 5.36. The van der Waals surface area contributed by atoms with Crippen molar-refractivity contribution in [1.29, 1.82) is 0 Å². The fraction of sp³-hybridized carbons (Fsp3) is 0.500. The van der Waals surface area contributed by atoms with E-state index in [2.05, 4.69) is 10.6 Å². The van der Waals surface area contributed by atoms with Gasteiger partial charge in [0.2, 0.25) is 5.91 Å². The van der Waals surface area contributed by atoms with Gasteiger partial charge < -0.3 is 24.8 Å². The van der Waals surface area contributed by atoms with Crippen molar-refractivity contribution >= 4 is 11.6 Å². The van der Waals surface area contributed by atoms with Gasteiger partial charge in [0.05, 0.1) is 20.8 Å². The Hall–Kier alpha value is -1.95. The van der Waals surface area contributed by atoms with Crippen molar-refractivity contribution in [2.24, 2.45) is 0 Å². The Kier molecular flexibility index (Phi) is 7.27. The minimum absolute atomic E-state index is 0.00460. The molecule has 20 heavy (non-hydrogen) atoms. The molecule has 0 heterocycles. The average Bonchev–Trinajstić information content (AvgIpc) is 2.47. The number of nitrogens with one attached hydrogen (secondary N) is 2. The molecule has 0 saturated carbocycles. The van der Waals surface area contributed by atoms with Crippen molar-refractivity contribution in [1.82, 2.24) is 5.32 Å². The standard InChI is InChI=1S/C14H22N2O4/c1-18-9-8-16-14(17)6-7-15-11-4-5-12(19-2)13(10-11)20-3/h4-5,10,15H,6-9H2,1-3H3,(H,16,17). The summed E-state index contributed by atoms with van der Waals surface area (Å²) in [4.78, 5) is 11.5. The average molecular weight is 282 g/mol. The number of amides is 1. The molecule has 0 spiro atoms. The molecule has 6 nitrogen and oxygen atoms in total. The lowest BCUT2D eigenvalue weighted by atomic mass is 10.2. The number of methoxy groups -OCH3 is 3. The first-order valence-corrected chi connectivity index (χ1v) is 6.42. The van der Waals surface area contributed by atoms with Gasteiger partial charge >= 0.3 is 0 Å². The van der Waals surface area contributed by atoms with E-state index in [1.807, 2.05) is 18.2 Å². The maximum atomic E-state index is 11.5. The highest BCUT2D eigenvalue weighted by Gasteiger charge is 2.05. The van der Waals surface area contributed by atoms with Crippen LogP contribution in [0.2, 0.25) is 0 Å². The zero-order valence-electron chi connectivity index (χ0n) is 12.2. The van der Waals surface area contributed by atoms with Crippen molar-refractivity contribution in [2.75, 3.05) is 46.3 Å². The zero-order chi connectivity index (χ0) is 14.8. The van der Waals surface area contributed by atoms with Crippen LogP contribution in [0.25, 0.3) is 0 Å². The molecule has 0 aliphatic heterocycles. The van der Waals surface area contributed by atoms with Gasteiger partial charge in [-0.05, 0) is 12.1 Å². The minimum atomic E-state index is -0.00460. The summed E-state index contributed by atoms with van der Waals surface area (Å²) in [6, 6.07) is 5.53. The molecule has 112 valence electrons. The Morgan fingerprint density at radius 2 is 1.85 bits per heavy atom. The second-order valence-electron chi connectivity index (χ2n) is 4.09. The van der Waals surface area contributed by atoms with Gasteiger partial charge in [0.1, 0.15) is 0 Å². The SMILES string of the molecule is COCCNC(=O)CCNc1ccc(OC)c(OC)c1. The number of hydrogen-bond acceptors (Lipinski definition) is 5. The highest BCUT2D eigenvalue weighted by atomic mass is 16.5. The van der Waals surface area contributed by atoms with Crippen LogP contribution in [0.15, 0.2) is 18.2 Å². The number of hydrogen-bond donors (Lipinski definition) is 2. The molecule has 0 atom stereocenters. The fourth-order valence-corrected chi connectivity index (χ4v) is 1.65. The Labute approximate surface area is 119 Å². The summed E-state index contributed by atoms with van der Waals surface area (Å²) in [6.07, 6.45) is 0.401. The van der Waals surface area contributed by atoms with Crippen LogP contribution in [-0.4, -0.2) is 46.9 Å². The van der Waals surface area contributed by atoms with E-state index in [1.165, 1.54) is 0 Å². The van der Waals surface area contributed by atoms with Gasteiger partial charge in [-0.1, -0.05) is 0 Å². The van der Waals surface area contributed by atoms with Crippen LogP contribution in [0, 0.1) is 0 Å². The smallest absolute Gasteiger partial charge is 0.221 e. The lowest BCUT2D eigenvalue weighted by Crippen LogP contribution is -2.28. The number of anilines is 1. The topological polar surface area (TPSA) is 68.8 Å². The van der Waals surface area contributed by atoms with Crippen LogP contribution in [0.5, 0.6) is 11.5 Å². The van der Waals surface area contributed by atoms with Gasteiger partial charge in [-0.15, -0.1) is 0 Å². The summed E-state index contributed by atoms with van der Waals surface area (Å²) in [6.45, 7) is 1.61. The molecule has 0 bridgehead atoms. The quantitative estimate of drug-likeness (QED) is 0.668. The van der Waals surface area contributed by atoms with E-state index < -0.39 is 0 Å². The van der Waals surface area contributed by atoms with E-state index in [9.17, 15) is 4.79 Å². The highest BCUT2D eigenvalue weighted by molar-refractivity contribution is 5.76. The maximum Gasteiger partial charge on any atom is 0.221 e. The van der Waals surface area contributed by atoms with Crippen LogP contribution in [0.4, 0.5) is 5.69 Å². The minimum Gasteiger partial charge on any atom is -0.493 e. The fourth-order valence-electron chi connectivity index (χ4n) is 1.65. The van der Waals surface area contributed by atoms with Crippen LogP contribution >= 0.6 is 0 Å². The number of carbonyl (C=O) groups excluding carboxylic acids is 1. The summed E-state index contributed by atoms with van der Waals surface area (Å²) in [5, 5.41) is 5.93. The summed E-state index contributed by atoms with van der Waals surface area (Å²) >= 11 is 0. The molecule has 2 N–H and O–H groups in total. The largest absolute Gasteiger partial charge is 0.493 e. The van der Waals surface area contributed by atoms with Gasteiger partial charge in [0, 0.05) is 38.4 Å². The van der Waals surface area contributed by atoms with Crippen LogP contribution < -0.4 is 20.1 Å². The first kappa shape index (κ1) is 16.1. The van der Waals surface area contributed by atoms with E-state index in [0.29, 0.717) is 37.6 Å². The van der Waals surface area contributed by atoms with Crippen molar-refractivity contribution in [3.8, 4) is 11.5 Å². The molecular weight excluding hydrogens is 260 g/mol. The molecule has 0 unspecified atom stereocenters. The van der Waals surface area contributed by atoms with Crippen molar-refractivity contribution in [2.45, 2.75) is 6.42 Å². The Bertz CT molecular complexity index is 424. The molecule has 1 rings (SSSR count). The molecule has 1 aromatic carbocycles. The predicted octanol–water partition coefficient (Wildman–Crippen LogP) is 1.27. The summed E-state index contributed by atoms with van der Waals surface area (Å²) in [5.74, 6) is 1.33. The Balaban J connectivity index is 2.36. The van der Waals surface area contributed by atoms with Crippen molar-refractivity contribution in [3.63, 3.8) is 0 Å². The van der Waals surface area contributed by atoms with Gasteiger partial charge in [-0.3, -0.25) is 4.79 Å². The highest BCUT2D eigenvalue weighted by Crippen LogP contribution is 2.29. The third-order valence-electron chi connectivity index (χ3n) is 2.69. The lowest BCUT2D eigenvalue weighted by Gasteiger charge is -2.11. The lowest BCUT2D eigenvalue weighted by molar-refractivity contribution is -0.121. The van der Waals surface area contributed by atoms with Gasteiger partial charge in [0.15, 0.2) is 11.5 Å². The molecule has 1 amide bonds. The summed E-state index contributed by atoms with van der Waals surface area (Å²) in [5.41, 5.74) is 0.882. The summed E-state index contributed by atoms with van der Waals surface area (Å²) in [7, 11) is 4.78. The van der Waals surface area contributed by atoms with Gasteiger partial charge in [-0.2, -0.15) is 0 Å². The number of ether oxygens (including phenoxy) is 3. The second-order valence-corrected chi connectivity index (χ2v) is 4.09. The third-order valence-corrected chi connectivity index (χ3v) is 2.69. The van der Waals surface area contributed by atoms with Crippen LogP contribution in [0.3, 0.4) is 0 Å².